The Hall–Kier alpha value is -2.19. The highest BCUT2D eigenvalue weighted by molar-refractivity contribution is 9.10. The smallest absolute Gasteiger partial charge is 0.265 e. The molecule has 24 heavy (non-hydrogen) atoms. The van der Waals surface area contributed by atoms with Crippen LogP contribution in [-0.2, 0) is 9.59 Å². The molecule has 2 rings (SSSR count). The molecule has 1 heterocycles. The number of amides is 2. The molecule has 0 aliphatic carbocycles. The van der Waals surface area contributed by atoms with Crippen molar-refractivity contribution in [3.63, 3.8) is 0 Å². The number of phenols is 1. The van der Waals surface area contributed by atoms with E-state index in [4.69, 9.17) is 17.0 Å². The number of hydrogen-bond acceptors (Lipinski definition) is 5. The van der Waals surface area contributed by atoms with Crippen molar-refractivity contribution >= 4 is 51.2 Å². The fraction of sp³-hybridized carbons (Fsp3) is 0.188. The first-order valence-electron chi connectivity index (χ1n) is 7.04. The lowest BCUT2D eigenvalue weighted by Crippen LogP contribution is -2.53. The second kappa shape index (κ2) is 7.59. The number of ether oxygens (including phenoxy) is 1. The summed E-state index contributed by atoms with van der Waals surface area (Å²) in [5.41, 5.74) is 0.457. The molecule has 0 unspecified atom stereocenters. The van der Waals surface area contributed by atoms with E-state index in [-0.39, 0.29) is 28.7 Å². The molecule has 126 valence electrons. The van der Waals surface area contributed by atoms with E-state index in [1.54, 1.807) is 19.1 Å². The maximum absolute atomic E-state index is 12.5. The van der Waals surface area contributed by atoms with Gasteiger partial charge in [0.25, 0.3) is 11.8 Å². The van der Waals surface area contributed by atoms with Crippen LogP contribution in [0.1, 0.15) is 12.5 Å². The van der Waals surface area contributed by atoms with Crippen LogP contribution in [0.25, 0.3) is 6.08 Å². The Balaban J connectivity index is 2.45. The molecule has 1 aliphatic heterocycles. The topological polar surface area (TPSA) is 78.9 Å². The summed E-state index contributed by atoms with van der Waals surface area (Å²) in [6, 6.07) is 3.12. The van der Waals surface area contributed by atoms with Crippen LogP contribution in [0.4, 0.5) is 0 Å². The highest BCUT2D eigenvalue weighted by Gasteiger charge is 2.32. The zero-order valence-corrected chi connectivity index (χ0v) is 15.2. The van der Waals surface area contributed by atoms with Crippen LogP contribution in [0.5, 0.6) is 11.5 Å². The number of carbonyl (C=O) groups is 2. The van der Waals surface area contributed by atoms with E-state index in [9.17, 15) is 14.7 Å². The molecule has 2 N–H and O–H groups in total. The summed E-state index contributed by atoms with van der Waals surface area (Å²) in [5.74, 6) is -0.882. The molecular formula is C16H15BrN2O4S. The van der Waals surface area contributed by atoms with Crippen molar-refractivity contribution in [2.24, 2.45) is 0 Å². The zero-order chi connectivity index (χ0) is 17.9. The van der Waals surface area contributed by atoms with Gasteiger partial charge >= 0.3 is 0 Å². The molecule has 2 amide bonds. The number of nitrogens with one attached hydrogen (secondary N) is 1. The van der Waals surface area contributed by atoms with Gasteiger partial charge < -0.3 is 9.84 Å². The Morgan fingerprint density at radius 1 is 1.46 bits per heavy atom. The Labute approximate surface area is 152 Å². The summed E-state index contributed by atoms with van der Waals surface area (Å²) in [4.78, 5) is 25.8. The fourth-order valence-corrected chi connectivity index (χ4v) is 2.81. The SMILES string of the molecule is C=CCN1C(=O)/C(=C/c2cc(Br)c(O)c(OCC)c2)C(=O)NC1=S. The first kappa shape index (κ1) is 18.2. The van der Waals surface area contributed by atoms with Gasteiger partial charge in [0.2, 0.25) is 0 Å². The third kappa shape index (κ3) is 3.65. The van der Waals surface area contributed by atoms with Gasteiger partial charge in [-0.2, -0.15) is 0 Å². The molecule has 0 atom stereocenters. The summed E-state index contributed by atoms with van der Waals surface area (Å²) in [7, 11) is 0. The molecule has 8 heteroatoms. The minimum absolute atomic E-state index is 0.0453. The molecular weight excluding hydrogens is 396 g/mol. The normalized spacial score (nSPS) is 16.3. The Morgan fingerprint density at radius 2 is 2.17 bits per heavy atom. The molecule has 0 bridgehead atoms. The maximum Gasteiger partial charge on any atom is 0.265 e. The number of thiocarbonyl (C=S) groups is 1. The quantitative estimate of drug-likeness (QED) is 0.337. The van der Waals surface area contributed by atoms with Crippen molar-refractivity contribution < 1.29 is 19.4 Å². The maximum atomic E-state index is 12.5. The van der Waals surface area contributed by atoms with Crippen molar-refractivity contribution in [3.05, 3.63) is 40.4 Å². The van der Waals surface area contributed by atoms with E-state index in [1.807, 2.05) is 0 Å². The van der Waals surface area contributed by atoms with Crippen molar-refractivity contribution in [1.82, 2.24) is 10.2 Å². The van der Waals surface area contributed by atoms with Gasteiger partial charge in [-0.1, -0.05) is 6.08 Å². The van der Waals surface area contributed by atoms with Gasteiger partial charge in [-0.05, 0) is 58.8 Å². The third-order valence-corrected chi connectivity index (χ3v) is 4.09. The molecule has 1 saturated heterocycles. The van der Waals surface area contributed by atoms with Gasteiger partial charge in [0.05, 0.1) is 11.1 Å². The first-order valence-corrected chi connectivity index (χ1v) is 8.24. The second-order valence-corrected chi connectivity index (χ2v) is 6.05. The van der Waals surface area contributed by atoms with E-state index in [0.717, 1.165) is 0 Å². The molecule has 1 aromatic rings. The van der Waals surface area contributed by atoms with E-state index >= 15 is 0 Å². The summed E-state index contributed by atoms with van der Waals surface area (Å²) in [6.07, 6.45) is 2.94. The van der Waals surface area contributed by atoms with Crippen molar-refractivity contribution in [1.29, 1.82) is 0 Å². The number of carbonyl (C=O) groups excluding carboxylic acids is 2. The summed E-state index contributed by atoms with van der Waals surface area (Å²) < 4.78 is 5.73. The Bertz CT molecular complexity index is 761. The van der Waals surface area contributed by atoms with Gasteiger partial charge in [0.1, 0.15) is 5.57 Å². The number of phenolic OH excluding ortho intramolecular Hbond substituents is 1. The molecule has 0 spiro atoms. The number of nitrogens with zero attached hydrogens (tertiary/aromatic N) is 1. The summed E-state index contributed by atoms with van der Waals surface area (Å²) >= 11 is 8.21. The second-order valence-electron chi connectivity index (χ2n) is 4.80. The average molecular weight is 411 g/mol. The van der Waals surface area contributed by atoms with Crippen LogP contribution in [0.2, 0.25) is 0 Å². The number of rotatable bonds is 5. The molecule has 6 nitrogen and oxygen atoms in total. The van der Waals surface area contributed by atoms with Gasteiger partial charge in [-0.25, -0.2) is 0 Å². The van der Waals surface area contributed by atoms with Gasteiger partial charge in [-0.15, -0.1) is 6.58 Å². The van der Waals surface area contributed by atoms with Gasteiger partial charge in [-0.3, -0.25) is 19.8 Å². The Morgan fingerprint density at radius 3 is 2.79 bits per heavy atom. The predicted molar refractivity (Wildman–Crippen MR) is 97.6 cm³/mol. The largest absolute Gasteiger partial charge is 0.503 e. The fourth-order valence-electron chi connectivity index (χ4n) is 2.10. The number of aromatic hydroxyl groups is 1. The Kier molecular flexibility index (Phi) is 5.74. The monoisotopic (exact) mass is 410 g/mol. The minimum Gasteiger partial charge on any atom is -0.503 e. The van der Waals surface area contributed by atoms with Crippen molar-refractivity contribution in [3.8, 4) is 11.5 Å². The summed E-state index contributed by atoms with van der Waals surface area (Å²) in [5, 5.41) is 12.4. The van der Waals surface area contributed by atoms with Crippen LogP contribution in [0, 0.1) is 0 Å². The minimum atomic E-state index is -0.576. The highest BCUT2D eigenvalue weighted by atomic mass is 79.9. The van der Waals surface area contributed by atoms with Gasteiger partial charge in [0.15, 0.2) is 16.6 Å². The highest BCUT2D eigenvalue weighted by Crippen LogP contribution is 2.36. The van der Waals surface area contributed by atoms with Crippen LogP contribution in [0.15, 0.2) is 34.8 Å². The van der Waals surface area contributed by atoms with Crippen LogP contribution < -0.4 is 10.1 Å². The molecule has 0 radical (unpaired) electrons. The lowest BCUT2D eigenvalue weighted by molar-refractivity contribution is -0.128. The van der Waals surface area contributed by atoms with E-state index < -0.39 is 11.8 Å². The van der Waals surface area contributed by atoms with Crippen LogP contribution in [-0.4, -0.2) is 40.1 Å². The number of hydrogen-bond donors (Lipinski definition) is 2. The molecule has 1 aliphatic rings. The molecule has 0 saturated carbocycles. The van der Waals surface area contributed by atoms with Crippen LogP contribution in [0.3, 0.4) is 0 Å². The predicted octanol–water partition coefficient (Wildman–Crippen LogP) is 2.37. The number of benzene rings is 1. The lowest BCUT2D eigenvalue weighted by atomic mass is 10.1. The molecule has 1 aromatic carbocycles. The van der Waals surface area contributed by atoms with Crippen molar-refractivity contribution in [2.45, 2.75) is 6.92 Å². The molecule has 1 fully saturated rings. The van der Waals surface area contributed by atoms with Crippen LogP contribution >= 0.6 is 28.1 Å². The average Bonchev–Trinajstić information content (AvgIpc) is 2.53. The van der Waals surface area contributed by atoms with E-state index in [2.05, 4.69) is 27.8 Å². The first-order chi connectivity index (χ1) is 11.4. The zero-order valence-electron chi connectivity index (χ0n) is 12.8. The van der Waals surface area contributed by atoms with Gasteiger partial charge in [0, 0.05) is 6.54 Å². The lowest BCUT2D eigenvalue weighted by Gasteiger charge is -2.27. The van der Waals surface area contributed by atoms with E-state index in [1.165, 1.54) is 17.1 Å². The summed E-state index contributed by atoms with van der Waals surface area (Å²) in [6.45, 7) is 5.91. The standard InChI is InChI=1S/C16H15BrN2O4S/c1-3-5-19-15(22)10(14(21)18-16(19)24)6-9-7-11(17)13(20)12(8-9)23-4-2/h3,6-8,20H,1,4-5H2,2H3,(H,18,21,24)/b10-6+. The third-order valence-electron chi connectivity index (χ3n) is 3.16. The van der Waals surface area contributed by atoms with Crippen molar-refractivity contribution in [2.75, 3.05) is 13.2 Å². The van der Waals surface area contributed by atoms with E-state index in [0.29, 0.717) is 16.6 Å². The molecule has 0 aromatic heterocycles. The number of halogens is 1.